The van der Waals surface area contributed by atoms with Gasteiger partial charge in [0.05, 0.1) is 16.4 Å². The Morgan fingerprint density at radius 2 is 1.80 bits per heavy atom. The quantitative estimate of drug-likeness (QED) is 0.852. The van der Waals surface area contributed by atoms with Gasteiger partial charge in [-0.1, -0.05) is 25.4 Å². The number of hydrogen-bond donors (Lipinski definition) is 1. The smallest absolute Gasteiger partial charge is 0.0847 e. The summed E-state index contributed by atoms with van der Waals surface area (Å²) in [6, 6.07) is 0. The van der Waals surface area contributed by atoms with E-state index in [1.54, 1.807) is 0 Å². The van der Waals surface area contributed by atoms with Gasteiger partial charge in [-0.25, -0.2) is 0 Å². The number of rotatable bonds is 6. The van der Waals surface area contributed by atoms with Crippen molar-refractivity contribution in [2.75, 3.05) is 6.54 Å². The second-order valence-corrected chi connectivity index (χ2v) is 7.81. The molecule has 20 heavy (non-hydrogen) atoms. The molecule has 0 fully saturated rings. The predicted molar refractivity (Wildman–Crippen MR) is 87.5 cm³/mol. The SMILES string of the molecule is CCn1nc(C)c(Cl)c1CC(C)(C)CCNC(C)(C)C. The second kappa shape index (κ2) is 6.48. The minimum absolute atomic E-state index is 0.176. The third kappa shape index (κ3) is 5.10. The van der Waals surface area contributed by atoms with Gasteiger partial charge in [0.1, 0.15) is 0 Å². The summed E-state index contributed by atoms with van der Waals surface area (Å²) in [4.78, 5) is 0. The van der Waals surface area contributed by atoms with E-state index in [0.29, 0.717) is 0 Å². The normalized spacial score (nSPS) is 13.0. The van der Waals surface area contributed by atoms with E-state index in [-0.39, 0.29) is 11.0 Å². The van der Waals surface area contributed by atoms with E-state index < -0.39 is 0 Å². The molecule has 0 spiro atoms. The molecule has 4 heteroatoms. The van der Waals surface area contributed by atoms with Crippen molar-refractivity contribution >= 4 is 11.6 Å². The van der Waals surface area contributed by atoms with Crippen molar-refractivity contribution in [3.8, 4) is 0 Å². The largest absolute Gasteiger partial charge is 0.312 e. The molecular weight excluding hydrogens is 270 g/mol. The topological polar surface area (TPSA) is 29.9 Å². The summed E-state index contributed by atoms with van der Waals surface area (Å²) in [5.41, 5.74) is 2.50. The second-order valence-electron chi connectivity index (χ2n) is 7.43. The van der Waals surface area contributed by atoms with Gasteiger partial charge in [-0.05, 0) is 59.4 Å². The lowest BCUT2D eigenvalue weighted by Gasteiger charge is -2.28. The number of aryl methyl sites for hydroxylation is 2. The molecule has 0 bridgehead atoms. The fraction of sp³-hybridized carbons (Fsp3) is 0.812. The van der Waals surface area contributed by atoms with Crippen molar-refractivity contribution in [3.05, 3.63) is 16.4 Å². The van der Waals surface area contributed by atoms with Gasteiger partial charge in [-0.2, -0.15) is 5.10 Å². The van der Waals surface area contributed by atoms with Crippen LogP contribution in [-0.2, 0) is 13.0 Å². The molecule has 0 saturated heterocycles. The molecule has 116 valence electrons. The van der Waals surface area contributed by atoms with E-state index in [1.807, 2.05) is 11.6 Å². The number of halogens is 1. The van der Waals surface area contributed by atoms with Gasteiger partial charge in [0.2, 0.25) is 0 Å². The average molecular weight is 300 g/mol. The molecule has 1 aromatic heterocycles. The van der Waals surface area contributed by atoms with E-state index in [2.05, 4.69) is 52.0 Å². The maximum absolute atomic E-state index is 6.41. The minimum atomic E-state index is 0.176. The van der Waals surface area contributed by atoms with Crippen LogP contribution in [0.15, 0.2) is 0 Å². The first-order chi connectivity index (χ1) is 9.06. The van der Waals surface area contributed by atoms with E-state index in [4.69, 9.17) is 11.6 Å². The maximum atomic E-state index is 6.41. The van der Waals surface area contributed by atoms with Crippen molar-refractivity contribution in [2.45, 2.75) is 73.4 Å². The van der Waals surface area contributed by atoms with Gasteiger partial charge in [-0.15, -0.1) is 0 Å². The first kappa shape index (κ1) is 17.5. The number of hydrogen-bond acceptors (Lipinski definition) is 2. The lowest BCUT2D eigenvalue weighted by atomic mass is 9.84. The highest BCUT2D eigenvalue weighted by Crippen LogP contribution is 2.30. The van der Waals surface area contributed by atoms with Gasteiger partial charge in [0.25, 0.3) is 0 Å². The molecule has 3 nitrogen and oxygen atoms in total. The molecule has 0 radical (unpaired) electrons. The molecule has 0 aromatic carbocycles. The zero-order valence-electron chi connectivity index (χ0n) is 14.1. The highest BCUT2D eigenvalue weighted by atomic mass is 35.5. The zero-order valence-corrected chi connectivity index (χ0v) is 14.9. The van der Waals surface area contributed by atoms with Gasteiger partial charge in [-0.3, -0.25) is 4.68 Å². The third-order valence-electron chi connectivity index (χ3n) is 3.56. The Morgan fingerprint density at radius 3 is 2.30 bits per heavy atom. The van der Waals surface area contributed by atoms with Gasteiger partial charge < -0.3 is 5.32 Å². The predicted octanol–water partition coefficient (Wildman–Crippen LogP) is 4.21. The Balaban J connectivity index is 2.71. The van der Waals surface area contributed by atoms with Crippen LogP contribution in [-0.4, -0.2) is 21.9 Å². The van der Waals surface area contributed by atoms with E-state index in [0.717, 1.165) is 36.6 Å². The fourth-order valence-corrected chi connectivity index (χ4v) is 2.56. The van der Waals surface area contributed by atoms with Crippen molar-refractivity contribution in [1.29, 1.82) is 0 Å². The van der Waals surface area contributed by atoms with Crippen LogP contribution in [0.1, 0.15) is 59.4 Å². The van der Waals surface area contributed by atoms with Crippen LogP contribution in [0.3, 0.4) is 0 Å². The Kier molecular flexibility index (Phi) is 5.68. The fourth-order valence-electron chi connectivity index (χ4n) is 2.36. The molecule has 1 heterocycles. The molecular formula is C16H30ClN3. The van der Waals surface area contributed by atoms with E-state index in [1.165, 1.54) is 5.69 Å². The molecule has 0 aliphatic rings. The zero-order chi connectivity index (χ0) is 15.6. The number of nitrogens with one attached hydrogen (secondary N) is 1. The van der Waals surface area contributed by atoms with Crippen LogP contribution in [0.4, 0.5) is 0 Å². The first-order valence-corrected chi connectivity index (χ1v) is 7.90. The molecule has 0 unspecified atom stereocenters. The lowest BCUT2D eigenvalue weighted by Crippen LogP contribution is -2.38. The van der Waals surface area contributed by atoms with Crippen LogP contribution in [0.2, 0.25) is 5.02 Å². The molecule has 1 aromatic rings. The summed E-state index contributed by atoms with van der Waals surface area (Å²) in [5.74, 6) is 0. The van der Waals surface area contributed by atoms with Crippen molar-refractivity contribution in [2.24, 2.45) is 5.41 Å². The van der Waals surface area contributed by atoms with Crippen LogP contribution < -0.4 is 5.32 Å². The average Bonchev–Trinajstić information content (AvgIpc) is 2.54. The van der Waals surface area contributed by atoms with E-state index >= 15 is 0 Å². The van der Waals surface area contributed by atoms with Crippen LogP contribution in [0, 0.1) is 12.3 Å². The van der Waals surface area contributed by atoms with Crippen LogP contribution in [0.25, 0.3) is 0 Å². The summed E-state index contributed by atoms with van der Waals surface area (Å²) in [5, 5.41) is 8.89. The Labute approximate surface area is 129 Å². The third-order valence-corrected chi connectivity index (χ3v) is 4.05. The summed E-state index contributed by atoms with van der Waals surface area (Å²) in [6.07, 6.45) is 2.08. The van der Waals surface area contributed by atoms with Crippen molar-refractivity contribution in [3.63, 3.8) is 0 Å². The summed E-state index contributed by atoms with van der Waals surface area (Å²) < 4.78 is 2.04. The molecule has 1 rings (SSSR count). The summed E-state index contributed by atoms with van der Waals surface area (Å²) in [7, 11) is 0. The lowest BCUT2D eigenvalue weighted by molar-refractivity contribution is 0.295. The number of nitrogens with zero attached hydrogens (tertiary/aromatic N) is 2. The molecule has 0 aliphatic carbocycles. The van der Waals surface area contributed by atoms with Gasteiger partial charge in [0.15, 0.2) is 0 Å². The highest BCUT2D eigenvalue weighted by molar-refractivity contribution is 6.31. The van der Waals surface area contributed by atoms with Crippen molar-refractivity contribution < 1.29 is 0 Å². The molecule has 0 saturated carbocycles. The Hall–Kier alpha value is -0.540. The first-order valence-electron chi connectivity index (χ1n) is 7.52. The Morgan fingerprint density at radius 1 is 1.20 bits per heavy atom. The van der Waals surface area contributed by atoms with Crippen LogP contribution >= 0.6 is 11.6 Å². The molecule has 0 amide bonds. The molecule has 0 aliphatic heterocycles. The highest BCUT2D eigenvalue weighted by Gasteiger charge is 2.24. The Bertz CT molecular complexity index is 441. The summed E-state index contributed by atoms with van der Waals surface area (Å²) in [6.45, 7) is 17.2. The molecule has 1 N–H and O–H groups in total. The van der Waals surface area contributed by atoms with Crippen LogP contribution in [0.5, 0.6) is 0 Å². The van der Waals surface area contributed by atoms with Gasteiger partial charge >= 0.3 is 0 Å². The van der Waals surface area contributed by atoms with Crippen molar-refractivity contribution in [1.82, 2.24) is 15.1 Å². The molecule has 0 atom stereocenters. The van der Waals surface area contributed by atoms with Gasteiger partial charge in [0, 0.05) is 12.1 Å². The minimum Gasteiger partial charge on any atom is -0.312 e. The maximum Gasteiger partial charge on any atom is 0.0847 e. The standard InChI is InChI=1S/C16H30ClN3/c1-8-20-13(14(17)12(2)19-20)11-16(6,7)9-10-18-15(3,4)5/h18H,8-11H2,1-7H3. The monoisotopic (exact) mass is 299 g/mol. The summed E-state index contributed by atoms with van der Waals surface area (Å²) >= 11 is 6.41. The number of aromatic nitrogens is 2. The van der Waals surface area contributed by atoms with E-state index in [9.17, 15) is 0 Å².